The van der Waals surface area contributed by atoms with Crippen LogP contribution in [0.25, 0.3) is 45.1 Å². The fraction of sp³-hybridized carbons (Fsp3) is 0.424. The SMILES string of the molecule is CCCCCCOCn1c(-c2cccc(-c3nc4ccccc4n3COCCCCCC)n2)nc2ccccc21.[Cl-].[Cl-].[Fe+2]. The second-order valence-electron chi connectivity index (χ2n) is 10.3. The first-order valence-corrected chi connectivity index (χ1v) is 14.8. The largest absolute Gasteiger partial charge is 2.00 e. The number of pyridine rings is 1. The minimum Gasteiger partial charge on any atom is -1.00 e. The first kappa shape index (κ1) is 36.7. The van der Waals surface area contributed by atoms with Crippen molar-refractivity contribution in [1.29, 1.82) is 0 Å². The number of fused-ring (bicyclic) bond motifs is 2. The Kier molecular flexibility index (Phi) is 16.3. The van der Waals surface area contributed by atoms with E-state index >= 15 is 0 Å². The molecule has 10 heteroatoms. The van der Waals surface area contributed by atoms with Crippen LogP contribution in [0.4, 0.5) is 0 Å². The van der Waals surface area contributed by atoms with Crippen molar-refractivity contribution in [3.8, 4) is 23.0 Å². The summed E-state index contributed by atoms with van der Waals surface area (Å²) >= 11 is 0. The number of imidazole rings is 2. The van der Waals surface area contributed by atoms with Gasteiger partial charge in [0.25, 0.3) is 0 Å². The number of aromatic nitrogens is 5. The van der Waals surface area contributed by atoms with Crippen molar-refractivity contribution >= 4 is 22.1 Å². The number of benzene rings is 2. The molecule has 7 nitrogen and oxygen atoms in total. The molecule has 5 aromatic rings. The Hall–Kier alpha value is -2.45. The summed E-state index contributed by atoms with van der Waals surface area (Å²) in [6, 6.07) is 22.4. The van der Waals surface area contributed by atoms with Gasteiger partial charge in [-0.2, -0.15) is 0 Å². The predicted molar refractivity (Wildman–Crippen MR) is 162 cm³/mol. The van der Waals surface area contributed by atoms with Crippen molar-refractivity contribution in [3.05, 3.63) is 66.7 Å². The summed E-state index contributed by atoms with van der Waals surface area (Å²) in [6.45, 7) is 6.81. The zero-order valence-corrected chi connectivity index (χ0v) is 27.6. The summed E-state index contributed by atoms with van der Waals surface area (Å²) in [5.41, 5.74) is 5.54. The van der Waals surface area contributed by atoms with E-state index in [-0.39, 0.29) is 41.9 Å². The first-order chi connectivity index (χ1) is 19.8. The Morgan fingerprint density at radius 3 is 1.42 bits per heavy atom. The summed E-state index contributed by atoms with van der Waals surface area (Å²) in [5.74, 6) is 1.60. The van der Waals surface area contributed by atoms with E-state index in [1.165, 1.54) is 38.5 Å². The van der Waals surface area contributed by atoms with Crippen LogP contribution in [0.15, 0.2) is 66.7 Å². The fourth-order valence-electron chi connectivity index (χ4n) is 5.06. The zero-order valence-electron chi connectivity index (χ0n) is 25.0. The number of hydrogen-bond acceptors (Lipinski definition) is 5. The predicted octanol–water partition coefficient (Wildman–Crippen LogP) is 2.23. The van der Waals surface area contributed by atoms with Crippen LogP contribution in [0.1, 0.15) is 65.2 Å². The zero-order chi connectivity index (χ0) is 27.6. The van der Waals surface area contributed by atoms with Crippen LogP contribution in [0.2, 0.25) is 0 Å². The van der Waals surface area contributed by atoms with Gasteiger partial charge in [-0.05, 0) is 49.2 Å². The number of nitrogens with zero attached hydrogens (tertiary/aromatic N) is 5. The summed E-state index contributed by atoms with van der Waals surface area (Å²) in [6.07, 6.45) is 9.46. The molecule has 0 saturated carbocycles. The van der Waals surface area contributed by atoms with Crippen LogP contribution in [-0.4, -0.2) is 37.3 Å². The molecule has 3 aromatic heterocycles. The fourth-order valence-corrected chi connectivity index (χ4v) is 5.06. The Morgan fingerprint density at radius 2 is 0.977 bits per heavy atom. The summed E-state index contributed by atoms with van der Waals surface area (Å²) < 4.78 is 16.5. The van der Waals surface area contributed by atoms with E-state index in [1.807, 2.05) is 54.6 Å². The van der Waals surface area contributed by atoms with Gasteiger partial charge in [-0.1, -0.05) is 82.7 Å². The third-order valence-electron chi connectivity index (χ3n) is 7.24. The molecule has 0 N–H and O–H groups in total. The number of ether oxygens (including phenoxy) is 2. The van der Waals surface area contributed by atoms with Crippen LogP contribution >= 0.6 is 0 Å². The second kappa shape index (κ2) is 19.0. The monoisotopic (exact) mass is 665 g/mol. The van der Waals surface area contributed by atoms with Crippen molar-refractivity contribution in [2.45, 2.75) is 78.7 Å². The molecule has 0 saturated heterocycles. The molecule has 0 aliphatic carbocycles. The molecule has 0 atom stereocenters. The molecule has 0 fully saturated rings. The summed E-state index contributed by atoms with van der Waals surface area (Å²) in [5, 5.41) is 0. The van der Waals surface area contributed by atoms with Gasteiger partial charge in [-0.3, -0.25) is 9.13 Å². The van der Waals surface area contributed by atoms with Gasteiger partial charge in [0, 0.05) is 13.2 Å². The maximum Gasteiger partial charge on any atom is 2.00 e. The third-order valence-corrected chi connectivity index (χ3v) is 7.24. The standard InChI is InChI=1S/C33H41N5O2.2ClH.Fe/c1-3-5-7-13-22-39-24-37-30-20-11-9-16-26(30)35-32(37)28-18-15-19-29(34-28)33-36-27-17-10-12-21-31(27)38(33)25-40-23-14-8-6-4-2;;;/h9-12,15-21H,3-8,13-14,22-25H2,1-2H3;2*1H;/q;;;+2/p-2. The minimum atomic E-state index is 0. The molecular weight excluding hydrogens is 625 g/mol. The molecule has 232 valence electrons. The van der Waals surface area contributed by atoms with E-state index in [0.29, 0.717) is 13.5 Å². The van der Waals surface area contributed by atoms with Crippen LogP contribution in [-0.2, 0) is 40.0 Å². The van der Waals surface area contributed by atoms with E-state index in [1.54, 1.807) is 0 Å². The van der Waals surface area contributed by atoms with E-state index in [2.05, 4.69) is 35.1 Å². The Morgan fingerprint density at radius 1 is 0.535 bits per heavy atom. The Balaban J connectivity index is 0.00000215. The molecule has 0 bridgehead atoms. The number of halogens is 2. The van der Waals surface area contributed by atoms with Crippen LogP contribution in [0.3, 0.4) is 0 Å². The average Bonchev–Trinajstić information content (AvgIpc) is 3.55. The molecule has 3 heterocycles. The number of rotatable bonds is 16. The van der Waals surface area contributed by atoms with Gasteiger partial charge in [0.2, 0.25) is 0 Å². The van der Waals surface area contributed by atoms with E-state index < -0.39 is 0 Å². The third kappa shape index (κ3) is 9.27. The molecule has 43 heavy (non-hydrogen) atoms. The van der Waals surface area contributed by atoms with Crippen LogP contribution in [0, 0.1) is 0 Å². The quantitative estimate of drug-likeness (QED) is 0.120. The van der Waals surface area contributed by atoms with Crippen molar-refractivity contribution in [2.24, 2.45) is 0 Å². The minimum absolute atomic E-state index is 0. The molecule has 0 amide bonds. The summed E-state index contributed by atoms with van der Waals surface area (Å²) in [4.78, 5) is 15.0. The molecule has 0 aliphatic heterocycles. The maximum absolute atomic E-state index is 6.11. The normalized spacial score (nSPS) is 10.8. The van der Waals surface area contributed by atoms with E-state index in [0.717, 1.165) is 71.2 Å². The number of para-hydroxylation sites is 4. The van der Waals surface area contributed by atoms with Crippen molar-refractivity contribution < 1.29 is 51.4 Å². The molecule has 0 spiro atoms. The van der Waals surface area contributed by atoms with Gasteiger partial charge in [0.05, 0.1) is 22.1 Å². The number of unbranched alkanes of at least 4 members (excludes halogenated alkanes) is 6. The van der Waals surface area contributed by atoms with Gasteiger partial charge < -0.3 is 34.3 Å². The van der Waals surface area contributed by atoms with Gasteiger partial charge >= 0.3 is 17.1 Å². The van der Waals surface area contributed by atoms with Crippen LogP contribution < -0.4 is 24.8 Å². The molecule has 2 aromatic carbocycles. The molecule has 0 aliphatic rings. The van der Waals surface area contributed by atoms with Gasteiger partial charge in [0.15, 0.2) is 11.6 Å². The number of hydrogen-bond donors (Lipinski definition) is 0. The van der Waals surface area contributed by atoms with Gasteiger partial charge in [0.1, 0.15) is 24.8 Å². The molecular formula is C33H41Cl2FeN5O2. The Labute approximate surface area is 278 Å². The molecule has 0 unspecified atom stereocenters. The van der Waals surface area contributed by atoms with E-state index in [4.69, 9.17) is 24.4 Å². The average molecular weight is 666 g/mol. The van der Waals surface area contributed by atoms with E-state index in [9.17, 15) is 0 Å². The van der Waals surface area contributed by atoms with Gasteiger partial charge in [-0.15, -0.1) is 0 Å². The molecule has 0 radical (unpaired) electrons. The van der Waals surface area contributed by atoms with Crippen LogP contribution in [0.5, 0.6) is 0 Å². The second-order valence-corrected chi connectivity index (χ2v) is 10.3. The smallest absolute Gasteiger partial charge is 1.00 e. The summed E-state index contributed by atoms with van der Waals surface area (Å²) in [7, 11) is 0. The maximum atomic E-state index is 6.11. The molecule has 5 rings (SSSR count). The topological polar surface area (TPSA) is 67.0 Å². The van der Waals surface area contributed by atoms with Gasteiger partial charge in [-0.25, -0.2) is 15.0 Å². The van der Waals surface area contributed by atoms with Crippen molar-refractivity contribution in [1.82, 2.24) is 24.1 Å². The van der Waals surface area contributed by atoms with Crippen molar-refractivity contribution in [2.75, 3.05) is 13.2 Å². The van der Waals surface area contributed by atoms with Crippen molar-refractivity contribution in [3.63, 3.8) is 0 Å². The Bertz CT molecular complexity index is 1410. The first-order valence-electron chi connectivity index (χ1n) is 14.8.